The molecular formula is C21H22FN5O. The van der Waals surface area contributed by atoms with Crippen LogP contribution in [-0.4, -0.2) is 43.3 Å². The molecule has 0 amide bonds. The number of benzene rings is 2. The fourth-order valence-electron chi connectivity index (χ4n) is 3.23. The van der Waals surface area contributed by atoms with Gasteiger partial charge in [0.25, 0.3) is 0 Å². The van der Waals surface area contributed by atoms with E-state index in [1.54, 1.807) is 13.3 Å². The second-order valence-electron chi connectivity index (χ2n) is 6.54. The van der Waals surface area contributed by atoms with Crippen molar-refractivity contribution in [2.24, 2.45) is 0 Å². The Kier molecular flexibility index (Phi) is 5.23. The van der Waals surface area contributed by atoms with Crippen LogP contribution in [0.2, 0.25) is 0 Å². The molecule has 1 aliphatic heterocycles. The van der Waals surface area contributed by atoms with Crippen LogP contribution in [0, 0.1) is 5.82 Å². The predicted octanol–water partition coefficient (Wildman–Crippen LogP) is 3.69. The molecule has 0 bridgehead atoms. The number of aromatic nitrogens is 2. The van der Waals surface area contributed by atoms with Crippen molar-refractivity contribution >= 4 is 23.1 Å². The van der Waals surface area contributed by atoms with Crippen molar-refractivity contribution in [2.45, 2.75) is 0 Å². The highest BCUT2D eigenvalue weighted by atomic mass is 19.1. The minimum atomic E-state index is -0.208. The molecule has 0 aliphatic carbocycles. The summed E-state index contributed by atoms with van der Waals surface area (Å²) >= 11 is 0. The van der Waals surface area contributed by atoms with Crippen LogP contribution in [0.25, 0.3) is 0 Å². The number of halogens is 1. The summed E-state index contributed by atoms with van der Waals surface area (Å²) in [6, 6.07) is 16.2. The maximum absolute atomic E-state index is 13.1. The van der Waals surface area contributed by atoms with Crippen LogP contribution in [-0.2, 0) is 0 Å². The molecule has 1 fully saturated rings. The molecule has 4 rings (SSSR count). The van der Waals surface area contributed by atoms with Crippen LogP contribution in [0.15, 0.2) is 60.8 Å². The summed E-state index contributed by atoms with van der Waals surface area (Å²) in [6.45, 7) is 3.40. The Hall–Kier alpha value is -3.35. The van der Waals surface area contributed by atoms with Gasteiger partial charge in [0, 0.05) is 43.8 Å². The van der Waals surface area contributed by atoms with Crippen molar-refractivity contribution in [1.82, 2.24) is 9.97 Å². The quantitative estimate of drug-likeness (QED) is 0.730. The van der Waals surface area contributed by atoms with Gasteiger partial charge in [-0.15, -0.1) is 0 Å². The van der Waals surface area contributed by atoms with Gasteiger partial charge in [-0.25, -0.2) is 9.37 Å². The number of hydrogen-bond donors (Lipinski definition) is 1. The first kappa shape index (κ1) is 18.0. The summed E-state index contributed by atoms with van der Waals surface area (Å²) in [7, 11) is 1.64. The lowest BCUT2D eigenvalue weighted by Gasteiger charge is -2.36. The summed E-state index contributed by atoms with van der Waals surface area (Å²) < 4.78 is 18.3. The Labute approximate surface area is 163 Å². The topological polar surface area (TPSA) is 53.5 Å². The number of hydrogen-bond acceptors (Lipinski definition) is 6. The molecular weight excluding hydrogens is 357 g/mol. The molecule has 144 valence electrons. The molecule has 28 heavy (non-hydrogen) atoms. The van der Waals surface area contributed by atoms with Gasteiger partial charge in [0.05, 0.1) is 7.11 Å². The zero-order valence-electron chi connectivity index (χ0n) is 15.7. The normalized spacial score (nSPS) is 14.1. The largest absolute Gasteiger partial charge is 0.497 e. The van der Waals surface area contributed by atoms with Gasteiger partial charge in [-0.3, -0.25) is 0 Å². The molecule has 1 N–H and O–H groups in total. The number of methoxy groups -OCH3 is 1. The van der Waals surface area contributed by atoms with E-state index in [1.165, 1.54) is 12.1 Å². The number of nitrogens with zero attached hydrogens (tertiary/aromatic N) is 4. The summed E-state index contributed by atoms with van der Waals surface area (Å²) in [6.07, 6.45) is 1.76. The molecule has 2 heterocycles. The summed E-state index contributed by atoms with van der Waals surface area (Å²) in [4.78, 5) is 13.5. The van der Waals surface area contributed by atoms with Gasteiger partial charge < -0.3 is 19.9 Å². The molecule has 0 saturated carbocycles. The molecule has 1 aliphatic rings. The first-order chi connectivity index (χ1) is 13.7. The highest BCUT2D eigenvalue weighted by Gasteiger charge is 2.19. The Morgan fingerprint density at radius 2 is 1.57 bits per heavy atom. The second-order valence-corrected chi connectivity index (χ2v) is 6.54. The van der Waals surface area contributed by atoms with E-state index < -0.39 is 0 Å². The van der Waals surface area contributed by atoms with E-state index in [4.69, 9.17) is 4.74 Å². The highest BCUT2D eigenvalue weighted by Crippen LogP contribution is 2.22. The van der Waals surface area contributed by atoms with Crippen LogP contribution in [0.4, 0.5) is 27.5 Å². The van der Waals surface area contributed by atoms with Crippen molar-refractivity contribution < 1.29 is 9.13 Å². The molecule has 7 heteroatoms. The molecule has 3 aromatic rings. The van der Waals surface area contributed by atoms with E-state index >= 15 is 0 Å². The van der Waals surface area contributed by atoms with Gasteiger partial charge >= 0.3 is 0 Å². The molecule has 6 nitrogen and oxygen atoms in total. The van der Waals surface area contributed by atoms with Gasteiger partial charge in [0.1, 0.15) is 17.4 Å². The molecule has 0 spiro atoms. The van der Waals surface area contributed by atoms with Gasteiger partial charge in [-0.05, 0) is 54.6 Å². The first-order valence-corrected chi connectivity index (χ1v) is 9.21. The maximum atomic E-state index is 13.1. The molecule has 0 atom stereocenters. The smallest absolute Gasteiger partial charge is 0.229 e. The number of piperazine rings is 1. The van der Waals surface area contributed by atoms with Gasteiger partial charge in [0.15, 0.2) is 0 Å². The lowest BCUT2D eigenvalue weighted by atomic mass is 10.2. The van der Waals surface area contributed by atoms with Gasteiger partial charge in [-0.2, -0.15) is 4.98 Å². The van der Waals surface area contributed by atoms with Gasteiger partial charge in [0.2, 0.25) is 5.95 Å². The minimum Gasteiger partial charge on any atom is -0.497 e. The van der Waals surface area contributed by atoms with Crippen molar-refractivity contribution in [3.8, 4) is 5.75 Å². The minimum absolute atomic E-state index is 0.208. The number of ether oxygens (including phenoxy) is 1. The molecule has 1 aromatic heterocycles. The monoisotopic (exact) mass is 379 g/mol. The Bertz CT molecular complexity index is 909. The Morgan fingerprint density at radius 3 is 2.25 bits per heavy atom. The van der Waals surface area contributed by atoms with Crippen molar-refractivity contribution in [3.05, 3.63) is 66.6 Å². The van der Waals surface area contributed by atoms with E-state index in [0.717, 1.165) is 49.1 Å². The molecule has 2 aromatic carbocycles. The van der Waals surface area contributed by atoms with Crippen molar-refractivity contribution in [3.63, 3.8) is 0 Å². The van der Waals surface area contributed by atoms with E-state index in [9.17, 15) is 4.39 Å². The lowest BCUT2D eigenvalue weighted by molar-refractivity contribution is 0.415. The first-order valence-electron chi connectivity index (χ1n) is 9.21. The van der Waals surface area contributed by atoms with Crippen LogP contribution < -0.4 is 19.9 Å². The second kappa shape index (κ2) is 8.12. The van der Waals surface area contributed by atoms with Crippen LogP contribution in [0.1, 0.15) is 0 Å². The fourth-order valence-corrected chi connectivity index (χ4v) is 3.23. The van der Waals surface area contributed by atoms with Crippen LogP contribution in [0.3, 0.4) is 0 Å². The maximum Gasteiger partial charge on any atom is 0.229 e. The van der Waals surface area contributed by atoms with Crippen LogP contribution in [0.5, 0.6) is 5.75 Å². The van der Waals surface area contributed by atoms with Crippen molar-refractivity contribution in [1.29, 1.82) is 0 Å². The average Bonchev–Trinajstić information content (AvgIpc) is 2.75. The molecule has 0 radical (unpaired) electrons. The third-order valence-corrected chi connectivity index (χ3v) is 4.78. The van der Waals surface area contributed by atoms with E-state index in [-0.39, 0.29) is 5.82 Å². The van der Waals surface area contributed by atoms with E-state index in [0.29, 0.717) is 5.95 Å². The predicted molar refractivity (Wildman–Crippen MR) is 109 cm³/mol. The number of anilines is 4. The van der Waals surface area contributed by atoms with E-state index in [1.807, 2.05) is 42.5 Å². The summed E-state index contributed by atoms with van der Waals surface area (Å²) in [5.74, 6) is 2.05. The zero-order valence-corrected chi connectivity index (χ0v) is 15.7. The SMILES string of the molecule is COc1ccc(Nc2nccc(N3CCN(c4ccc(F)cc4)CC3)n2)cc1. The summed E-state index contributed by atoms with van der Waals surface area (Å²) in [5, 5.41) is 3.22. The number of nitrogens with one attached hydrogen (secondary N) is 1. The van der Waals surface area contributed by atoms with E-state index in [2.05, 4.69) is 25.1 Å². The van der Waals surface area contributed by atoms with Crippen molar-refractivity contribution in [2.75, 3.05) is 48.4 Å². The third kappa shape index (κ3) is 4.14. The van der Waals surface area contributed by atoms with Gasteiger partial charge in [-0.1, -0.05) is 0 Å². The molecule has 0 unspecified atom stereocenters. The Morgan fingerprint density at radius 1 is 0.893 bits per heavy atom. The fraction of sp³-hybridized carbons (Fsp3) is 0.238. The average molecular weight is 379 g/mol. The lowest BCUT2D eigenvalue weighted by Crippen LogP contribution is -2.46. The standard InChI is InChI=1S/C21H22FN5O/c1-28-19-8-4-17(5-9-19)24-21-23-11-10-20(25-21)27-14-12-26(13-15-27)18-6-2-16(22)3-7-18/h2-11H,12-15H2,1H3,(H,23,24,25). The Balaban J connectivity index is 1.40. The molecule has 1 saturated heterocycles. The number of rotatable bonds is 5. The highest BCUT2D eigenvalue weighted by molar-refractivity contribution is 5.56. The van der Waals surface area contributed by atoms with Crippen LogP contribution >= 0.6 is 0 Å². The summed E-state index contributed by atoms with van der Waals surface area (Å²) in [5.41, 5.74) is 1.95. The zero-order chi connectivity index (χ0) is 19.3. The third-order valence-electron chi connectivity index (χ3n) is 4.78.